The summed E-state index contributed by atoms with van der Waals surface area (Å²) in [6.45, 7) is 0. The summed E-state index contributed by atoms with van der Waals surface area (Å²) in [7, 11) is 0. The van der Waals surface area contributed by atoms with Gasteiger partial charge in [-0.05, 0) is 31.0 Å². The minimum absolute atomic E-state index is 0.355. The molecule has 0 aromatic heterocycles. The fourth-order valence-electron chi connectivity index (χ4n) is 2.35. The van der Waals surface area contributed by atoms with Crippen molar-refractivity contribution in [1.29, 1.82) is 0 Å². The van der Waals surface area contributed by atoms with Crippen molar-refractivity contribution in [2.45, 2.75) is 31.2 Å². The first kappa shape index (κ1) is 14.5. The van der Waals surface area contributed by atoms with Crippen LogP contribution in [0.1, 0.15) is 36.0 Å². The number of carbonyl (C=O) groups excluding carboxylic acids is 1. The van der Waals surface area contributed by atoms with Crippen LogP contribution in [0, 0.1) is 0 Å². The Bertz CT molecular complexity index is 504. The van der Waals surface area contributed by atoms with Gasteiger partial charge in [-0.25, -0.2) is 4.79 Å². The topological polar surface area (TPSA) is 66.4 Å². The summed E-state index contributed by atoms with van der Waals surface area (Å²) in [5.74, 6) is -1.31. The second-order valence-electron chi connectivity index (χ2n) is 4.71. The largest absolute Gasteiger partial charge is 0.480 e. The molecule has 0 heterocycles. The number of carboxylic acids is 1. The van der Waals surface area contributed by atoms with Crippen molar-refractivity contribution in [3.05, 3.63) is 32.7 Å². The Balaban J connectivity index is 2.22. The third-order valence-electron chi connectivity index (χ3n) is 3.34. The van der Waals surface area contributed by atoms with E-state index in [9.17, 15) is 14.7 Å². The van der Waals surface area contributed by atoms with Crippen LogP contribution >= 0.6 is 31.9 Å². The first-order valence-electron chi connectivity index (χ1n) is 5.95. The molecule has 0 spiro atoms. The molecular formula is C13H13Br2NO3. The number of benzene rings is 1. The molecule has 0 atom stereocenters. The zero-order valence-corrected chi connectivity index (χ0v) is 13.3. The van der Waals surface area contributed by atoms with E-state index in [0.717, 1.165) is 21.8 Å². The van der Waals surface area contributed by atoms with E-state index in [2.05, 4.69) is 37.2 Å². The summed E-state index contributed by atoms with van der Waals surface area (Å²) in [4.78, 5) is 23.6. The van der Waals surface area contributed by atoms with Gasteiger partial charge in [0, 0.05) is 14.5 Å². The summed E-state index contributed by atoms with van der Waals surface area (Å²) in [6, 6.07) is 5.16. The molecule has 4 nitrogen and oxygen atoms in total. The molecular weight excluding hydrogens is 378 g/mol. The average molecular weight is 391 g/mol. The third kappa shape index (κ3) is 3.17. The Morgan fingerprint density at radius 3 is 2.11 bits per heavy atom. The van der Waals surface area contributed by atoms with Gasteiger partial charge in [0.2, 0.25) is 0 Å². The van der Waals surface area contributed by atoms with Crippen molar-refractivity contribution in [3.63, 3.8) is 0 Å². The molecule has 2 N–H and O–H groups in total. The molecule has 1 fully saturated rings. The van der Waals surface area contributed by atoms with E-state index >= 15 is 0 Å². The number of hydrogen-bond acceptors (Lipinski definition) is 2. The number of carbonyl (C=O) groups is 2. The lowest BCUT2D eigenvalue weighted by Crippen LogP contribution is -2.52. The van der Waals surface area contributed by atoms with Crippen LogP contribution in [-0.4, -0.2) is 22.5 Å². The highest BCUT2D eigenvalue weighted by molar-refractivity contribution is 9.11. The molecule has 0 aliphatic heterocycles. The fraction of sp³-hybridized carbons (Fsp3) is 0.385. The fourth-order valence-corrected chi connectivity index (χ4v) is 3.64. The number of nitrogens with one attached hydrogen (secondary N) is 1. The Kier molecular flexibility index (Phi) is 4.30. The molecule has 1 aliphatic rings. The normalized spacial score (nSPS) is 17.2. The number of halogens is 2. The predicted octanol–water partition coefficient (Wildman–Crippen LogP) is 3.34. The van der Waals surface area contributed by atoms with Crippen LogP contribution in [0.5, 0.6) is 0 Å². The number of aliphatic carboxylic acids is 1. The summed E-state index contributed by atoms with van der Waals surface area (Å²) in [6.07, 6.45) is 2.63. The summed E-state index contributed by atoms with van der Waals surface area (Å²) in [5, 5.41) is 12.0. The molecule has 1 aromatic carbocycles. The average Bonchev–Trinajstić information content (AvgIpc) is 2.77. The van der Waals surface area contributed by atoms with Crippen molar-refractivity contribution in [2.75, 3.05) is 0 Å². The molecule has 0 radical (unpaired) electrons. The lowest BCUT2D eigenvalue weighted by Gasteiger charge is -2.25. The summed E-state index contributed by atoms with van der Waals surface area (Å²) in [5.41, 5.74) is -0.667. The van der Waals surface area contributed by atoms with Crippen LogP contribution in [0.4, 0.5) is 0 Å². The van der Waals surface area contributed by atoms with Crippen molar-refractivity contribution in [1.82, 2.24) is 5.32 Å². The Morgan fingerprint density at radius 2 is 1.63 bits per heavy atom. The molecule has 2 rings (SSSR count). The van der Waals surface area contributed by atoms with E-state index in [-0.39, 0.29) is 5.91 Å². The van der Waals surface area contributed by atoms with E-state index in [1.165, 1.54) is 0 Å². The molecule has 0 bridgehead atoms. The van der Waals surface area contributed by atoms with E-state index < -0.39 is 11.5 Å². The first-order chi connectivity index (χ1) is 8.93. The monoisotopic (exact) mass is 389 g/mol. The molecule has 1 aromatic rings. The van der Waals surface area contributed by atoms with Crippen LogP contribution in [0.2, 0.25) is 0 Å². The van der Waals surface area contributed by atoms with Crippen LogP contribution in [0.3, 0.4) is 0 Å². The summed E-state index contributed by atoms with van der Waals surface area (Å²) < 4.78 is 1.53. The lowest BCUT2D eigenvalue weighted by molar-refractivity contribution is -0.144. The lowest BCUT2D eigenvalue weighted by atomic mass is 9.97. The van der Waals surface area contributed by atoms with Gasteiger partial charge in [-0.2, -0.15) is 0 Å². The minimum Gasteiger partial charge on any atom is -0.480 e. The Morgan fingerprint density at radius 1 is 1.11 bits per heavy atom. The number of rotatable bonds is 3. The molecule has 1 saturated carbocycles. The maximum Gasteiger partial charge on any atom is 0.329 e. The summed E-state index contributed by atoms with van der Waals surface area (Å²) >= 11 is 6.62. The zero-order valence-electron chi connectivity index (χ0n) is 10.1. The van der Waals surface area contributed by atoms with Crippen LogP contribution in [0.15, 0.2) is 27.1 Å². The molecule has 102 valence electrons. The Hall–Kier alpha value is -0.880. The quantitative estimate of drug-likeness (QED) is 0.831. The maximum absolute atomic E-state index is 12.2. The van der Waals surface area contributed by atoms with Gasteiger partial charge in [0.15, 0.2) is 0 Å². The van der Waals surface area contributed by atoms with Crippen molar-refractivity contribution < 1.29 is 14.7 Å². The van der Waals surface area contributed by atoms with Crippen LogP contribution in [0.25, 0.3) is 0 Å². The van der Waals surface area contributed by atoms with E-state index in [1.54, 1.807) is 12.1 Å². The van der Waals surface area contributed by atoms with Crippen LogP contribution < -0.4 is 5.32 Å². The minimum atomic E-state index is -1.11. The van der Waals surface area contributed by atoms with Gasteiger partial charge >= 0.3 is 5.97 Å². The predicted molar refractivity (Wildman–Crippen MR) is 78.1 cm³/mol. The SMILES string of the molecule is O=C(NC1(C(=O)O)CCCC1)c1cc(Br)cc(Br)c1. The first-order valence-corrected chi connectivity index (χ1v) is 7.53. The number of amides is 1. The molecule has 19 heavy (non-hydrogen) atoms. The molecule has 1 aliphatic carbocycles. The van der Waals surface area contributed by atoms with Gasteiger partial charge in [0.25, 0.3) is 5.91 Å². The van der Waals surface area contributed by atoms with Gasteiger partial charge in [0.05, 0.1) is 0 Å². The number of carboxylic acid groups (broad SMARTS) is 1. The second kappa shape index (κ2) is 5.63. The van der Waals surface area contributed by atoms with Gasteiger partial charge in [-0.3, -0.25) is 4.79 Å². The van der Waals surface area contributed by atoms with E-state index in [4.69, 9.17) is 0 Å². The van der Waals surface area contributed by atoms with E-state index in [0.29, 0.717) is 18.4 Å². The maximum atomic E-state index is 12.2. The van der Waals surface area contributed by atoms with Gasteiger partial charge in [0.1, 0.15) is 5.54 Å². The molecule has 1 amide bonds. The molecule has 0 saturated heterocycles. The highest BCUT2D eigenvalue weighted by Crippen LogP contribution is 2.30. The second-order valence-corrected chi connectivity index (χ2v) is 6.54. The van der Waals surface area contributed by atoms with E-state index in [1.807, 2.05) is 6.07 Å². The van der Waals surface area contributed by atoms with Crippen molar-refractivity contribution in [3.8, 4) is 0 Å². The highest BCUT2D eigenvalue weighted by atomic mass is 79.9. The smallest absolute Gasteiger partial charge is 0.329 e. The number of hydrogen-bond donors (Lipinski definition) is 2. The standard InChI is InChI=1S/C13H13Br2NO3/c14-9-5-8(6-10(15)7-9)11(17)16-13(12(18)19)3-1-2-4-13/h5-7H,1-4H2,(H,16,17)(H,18,19). The van der Waals surface area contributed by atoms with Crippen molar-refractivity contribution in [2.24, 2.45) is 0 Å². The Labute approximate surface area is 127 Å². The zero-order chi connectivity index (χ0) is 14.0. The molecule has 0 unspecified atom stereocenters. The molecule has 6 heteroatoms. The van der Waals surface area contributed by atoms with Gasteiger partial charge < -0.3 is 10.4 Å². The van der Waals surface area contributed by atoms with Gasteiger partial charge in [-0.1, -0.05) is 44.7 Å². The van der Waals surface area contributed by atoms with Crippen LogP contribution in [-0.2, 0) is 4.79 Å². The van der Waals surface area contributed by atoms with Crippen molar-refractivity contribution >= 4 is 43.7 Å². The highest BCUT2D eigenvalue weighted by Gasteiger charge is 2.42. The van der Waals surface area contributed by atoms with Gasteiger partial charge in [-0.15, -0.1) is 0 Å². The third-order valence-corrected chi connectivity index (χ3v) is 4.26.